The van der Waals surface area contributed by atoms with Crippen LogP contribution >= 0.6 is 0 Å². The highest BCUT2D eigenvalue weighted by Crippen LogP contribution is 2.30. The van der Waals surface area contributed by atoms with Gasteiger partial charge in [-0.25, -0.2) is 4.79 Å². The van der Waals surface area contributed by atoms with E-state index in [0.717, 1.165) is 24.3 Å². The van der Waals surface area contributed by atoms with Gasteiger partial charge in [-0.05, 0) is 12.1 Å². The zero-order valence-corrected chi connectivity index (χ0v) is 18.4. The Kier molecular flexibility index (Phi) is 7.67. The molecular weight excluding hydrogens is 490 g/mol. The zero-order valence-electron chi connectivity index (χ0n) is 22.4. The lowest BCUT2D eigenvalue weighted by atomic mass is 9.98. The van der Waals surface area contributed by atoms with Crippen molar-refractivity contribution in [3.8, 4) is 5.75 Å². The van der Waals surface area contributed by atoms with E-state index < -0.39 is 99.9 Å². The fourth-order valence-electron chi connectivity index (χ4n) is 2.99. The molecule has 1 aromatic rings. The van der Waals surface area contributed by atoms with E-state index in [1.807, 2.05) is 0 Å². The lowest BCUT2D eigenvalue weighted by Gasteiger charge is -2.43. The molecule has 1 heterocycles. The van der Waals surface area contributed by atoms with Crippen LogP contribution in [0.2, 0.25) is 0 Å². The molecule has 2 rings (SSSR count). The fourth-order valence-corrected chi connectivity index (χ4v) is 2.99. The minimum absolute atomic E-state index is 0.216. The monoisotopic (exact) mass is 517 g/mol. The quantitative estimate of drug-likeness (QED) is 0.157. The first-order valence-electron chi connectivity index (χ1n) is 12.5. The summed E-state index contributed by atoms with van der Waals surface area (Å²) >= 11 is 0. The molecule has 196 valence electrons. The first kappa shape index (κ1) is 22.2. The summed E-state index contributed by atoms with van der Waals surface area (Å²) in [5.41, 5.74) is -0.309. The maximum Gasteiger partial charge on any atom is 0.516 e. The first-order chi connectivity index (χ1) is 19.0. The van der Waals surface area contributed by atoms with Crippen LogP contribution in [0.4, 0.5) is 10.5 Å². The Balaban J connectivity index is 2.42. The average molecular weight is 517 g/mol. The number of ether oxygens (including phenoxy) is 7. The van der Waals surface area contributed by atoms with E-state index in [-0.39, 0.29) is 11.4 Å². The molecule has 0 N–H and O–H groups in total. The molecule has 0 aromatic heterocycles. The minimum Gasteiger partial charge on any atom is -0.463 e. The van der Waals surface area contributed by atoms with Gasteiger partial charge in [0.15, 0.2) is 12.2 Å². The number of nitro groups is 1. The van der Waals surface area contributed by atoms with Crippen molar-refractivity contribution in [1.82, 2.24) is 0 Å². The lowest BCUT2D eigenvalue weighted by molar-refractivity contribution is -0.384. The predicted molar refractivity (Wildman–Crippen MR) is 112 cm³/mol. The number of non-ortho nitro benzene ring substituents is 1. The highest BCUT2D eigenvalue weighted by atomic mass is 16.8. The SMILES string of the molecule is [2H]CC(=O)OC[C@H]1OC(OC(=O)Oc2ccc([N+](=O)[O-])cc2)[C@H](OC(=O)C[2H])[C@@H](OC(=O)C[2H])[C@@H]1OC(=O)C[2H]. The molecule has 1 fully saturated rings. The van der Waals surface area contributed by atoms with Gasteiger partial charge in [-0.1, -0.05) is 0 Å². The summed E-state index contributed by atoms with van der Waals surface area (Å²) in [6, 6.07) is 4.18. The van der Waals surface area contributed by atoms with Crippen LogP contribution in [0.5, 0.6) is 5.75 Å². The summed E-state index contributed by atoms with van der Waals surface area (Å²) in [6.07, 6.45) is -10.7. The van der Waals surface area contributed by atoms with Crippen LogP contribution in [0, 0.1) is 10.1 Å². The number of esters is 4. The van der Waals surface area contributed by atoms with Crippen LogP contribution in [-0.2, 0) is 47.6 Å². The fraction of sp³-hybridized carbons (Fsp3) is 0.476. The van der Waals surface area contributed by atoms with Gasteiger partial charge in [0.1, 0.15) is 18.5 Å². The van der Waals surface area contributed by atoms with Crippen LogP contribution in [0.15, 0.2) is 24.3 Å². The molecule has 0 aliphatic carbocycles. The third kappa shape index (κ3) is 8.19. The van der Waals surface area contributed by atoms with Gasteiger partial charge < -0.3 is 33.2 Å². The summed E-state index contributed by atoms with van der Waals surface area (Å²) in [5, 5.41) is 10.8. The average Bonchev–Trinajstić information content (AvgIpc) is 2.94. The van der Waals surface area contributed by atoms with Gasteiger partial charge in [-0.15, -0.1) is 0 Å². The van der Waals surface area contributed by atoms with E-state index in [1.54, 1.807) is 0 Å². The molecule has 1 aliphatic rings. The summed E-state index contributed by atoms with van der Waals surface area (Å²) in [4.78, 5) is 70.2. The van der Waals surface area contributed by atoms with Gasteiger partial charge in [0.05, 0.1) is 4.92 Å². The number of hydrogen-bond donors (Lipinski definition) is 0. The second-order valence-electron chi connectivity index (χ2n) is 6.81. The molecule has 1 aliphatic heterocycles. The normalized spacial score (nSPS) is 24.4. The van der Waals surface area contributed by atoms with E-state index in [0.29, 0.717) is 0 Å². The largest absolute Gasteiger partial charge is 0.516 e. The topological polar surface area (TPSA) is 193 Å². The number of carbonyl (C=O) groups is 5. The Morgan fingerprint density at radius 1 is 0.861 bits per heavy atom. The molecule has 1 saturated heterocycles. The van der Waals surface area contributed by atoms with Crippen molar-refractivity contribution in [3.05, 3.63) is 34.4 Å². The highest BCUT2D eigenvalue weighted by molar-refractivity contribution is 5.69. The summed E-state index contributed by atoms with van der Waals surface area (Å²) in [5.74, 6) is -4.90. The second-order valence-corrected chi connectivity index (χ2v) is 6.81. The Hall–Kier alpha value is -4.27. The van der Waals surface area contributed by atoms with Crippen LogP contribution < -0.4 is 4.74 Å². The Morgan fingerprint density at radius 2 is 1.42 bits per heavy atom. The first-order valence-corrected chi connectivity index (χ1v) is 9.72. The molecule has 15 nitrogen and oxygen atoms in total. The number of hydrogen-bond acceptors (Lipinski definition) is 14. The molecule has 0 spiro atoms. The number of nitrogens with zero attached hydrogens (tertiary/aromatic N) is 1. The van der Waals surface area contributed by atoms with Crippen molar-refractivity contribution >= 4 is 35.7 Å². The van der Waals surface area contributed by atoms with Crippen LogP contribution in [0.25, 0.3) is 0 Å². The Labute approximate surface area is 209 Å². The van der Waals surface area contributed by atoms with Gasteiger partial charge in [-0.3, -0.25) is 29.3 Å². The van der Waals surface area contributed by atoms with Crippen molar-refractivity contribution < 1.29 is 67.5 Å². The predicted octanol–water partition coefficient (Wildman–Crippen LogP) is 1.19. The zero-order chi connectivity index (χ0) is 29.8. The van der Waals surface area contributed by atoms with Gasteiger partial charge in [0, 0.05) is 45.2 Å². The minimum atomic E-state index is -2.02. The van der Waals surface area contributed by atoms with Gasteiger partial charge in [0.25, 0.3) is 5.69 Å². The summed E-state index contributed by atoms with van der Waals surface area (Å²) in [6.45, 7) is -4.42. The molecule has 0 radical (unpaired) electrons. The van der Waals surface area contributed by atoms with Crippen molar-refractivity contribution in [2.45, 2.75) is 58.3 Å². The number of benzene rings is 1. The van der Waals surface area contributed by atoms with Gasteiger partial charge in [0.2, 0.25) is 12.4 Å². The maximum absolute atomic E-state index is 12.5. The van der Waals surface area contributed by atoms with E-state index in [9.17, 15) is 34.1 Å². The Morgan fingerprint density at radius 3 is 1.97 bits per heavy atom. The van der Waals surface area contributed by atoms with Crippen LogP contribution in [0.1, 0.15) is 33.1 Å². The lowest BCUT2D eigenvalue weighted by Crippen LogP contribution is -2.63. The van der Waals surface area contributed by atoms with Crippen molar-refractivity contribution in [2.75, 3.05) is 6.61 Å². The van der Waals surface area contributed by atoms with E-state index in [1.165, 1.54) is 0 Å². The second kappa shape index (κ2) is 12.4. The number of carbonyl (C=O) groups excluding carboxylic acids is 5. The van der Waals surface area contributed by atoms with Crippen molar-refractivity contribution in [2.24, 2.45) is 0 Å². The van der Waals surface area contributed by atoms with E-state index in [4.69, 9.17) is 38.6 Å². The summed E-state index contributed by atoms with van der Waals surface area (Å²) < 4.78 is 64.4. The van der Waals surface area contributed by atoms with Gasteiger partial charge in [-0.2, -0.15) is 0 Å². The van der Waals surface area contributed by atoms with Gasteiger partial charge >= 0.3 is 30.0 Å². The van der Waals surface area contributed by atoms with E-state index >= 15 is 0 Å². The van der Waals surface area contributed by atoms with Crippen molar-refractivity contribution in [3.63, 3.8) is 0 Å². The third-order valence-electron chi connectivity index (χ3n) is 4.26. The molecule has 0 amide bonds. The molecule has 0 saturated carbocycles. The number of nitro benzene ring substituents is 1. The summed E-state index contributed by atoms with van der Waals surface area (Å²) in [7, 11) is 0. The molecule has 1 aromatic carbocycles. The molecule has 0 bridgehead atoms. The Bertz CT molecular complexity index is 1090. The highest BCUT2D eigenvalue weighted by Gasteiger charge is 2.54. The van der Waals surface area contributed by atoms with E-state index in [2.05, 4.69) is 0 Å². The molecule has 1 unspecified atom stereocenters. The molecule has 36 heavy (non-hydrogen) atoms. The smallest absolute Gasteiger partial charge is 0.463 e. The standard InChI is InChI=1S/C21H23NO14/c1-10(23)30-9-16-17(31-11(2)24)18(32-12(3)25)19(33-13(4)26)20(35-16)36-21(27)34-15-7-5-14(6-8-15)22(28)29/h5-8,16-20H,9H2,1-4H3/t16-,17-,18+,19-,20?/m1/s1/i1D,2D,3D,4D. The van der Waals surface area contributed by atoms with Crippen LogP contribution in [0.3, 0.4) is 0 Å². The third-order valence-corrected chi connectivity index (χ3v) is 4.26. The maximum atomic E-state index is 12.5. The molecule has 5 atom stereocenters. The molecular formula is C21H23NO14. The van der Waals surface area contributed by atoms with Crippen molar-refractivity contribution in [1.29, 1.82) is 0 Å². The van der Waals surface area contributed by atoms with Crippen LogP contribution in [-0.4, -0.2) is 72.3 Å². The molecule has 15 heteroatoms. The number of rotatable bonds is 8.